The van der Waals surface area contributed by atoms with Crippen LogP contribution in [0.3, 0.4) is 0 Å². The summed E-state index contributed by atoms with van der Waals surface area (Å²) in [5, 5.41) is 9.96. The van der Waals surface area contributed by atoms with Crippen LogP contribution in [-0.4, -0.2) is 68.4 Å². The predicted octanol–water partition coefficient (Wildman–Crippen LogP) is 0.892. The van der Waals surface area contributed by atoms with Crippen LogP contribution in [0.15, 0.2) is 24.3 Å². The Morgan fingerprint density at radius 1 is 1.20 bits per heavy atom. The second kappa shape index (κ2) is 8.79. The van der Waals surface area contributed by atoms with E-state index in [1.54, 1.807) is 6.07 Å². The van der Waals surface area contributed by atoms with Crippen molar-refractivity contribution in [1.82, 2.24) is 9.80 Å². The molecule has 0 radical (unpaired) electrons. The number of aliphatic hydroxyl groups is 1. The number of nitrogens with two attached hydrogens (primary N) is 1. The number of aliphatic hydroxyl groups excluding tert-OH is 1. The average molecular weight is 281 g/mol. The molecule has 1 rings (SSSR count). The molecule has 3 N–H and O–H groups in total. The number of nitrogens with zero attached hydrogens (tertiary/aromatic N) is 2. The van der Waals surface area contributed by atoms with Crippen molar-refractivity contribution in [3.63, 3.8) is 0 Å². The van der Waals surface area contributed by atoms with Crippen molar-refractivity contribution in [3.8, 4) is 5.75 Å². The molecule has 1 unspecified atom stereocenters. The van der Waals surface area contributed by atoms with Gasteiger partial charge in [0, 0.05) is 6.54 Å². The quantitative estimate of drug-likeness (QED) is 0.658. The first kappa shape index (κ1) is 16.8. The van der Waals surface area contributed by atoms with E-state index in [-0.39, 0.29) is 6.61 Å². The third kappa shape index (κ3) is 6.75. The summed E-state index contributed by atoms with van der Waals surface area (Å²) in [5.74, 6) is 0.627. The number of anilines is 1. The molecule has 0 spiro atoms. The summed E-state index contributed by atoms with van der Waals surface area (Å²) in [6, 6.07) is 7.32. The van der Waals surface area contributed by atoms with E-state index in [0.717, 1.165) is 19.5 Å². The lowest BCUT2D eigenvalue weighted by molar-refractivity contribution is 0.0758. The van der Waals surface area contributed by atoms with Crippen LogP contribution >= 0.6 is 0 Å². The standard InChI is InChI=1S/C15H27N3O2/c1-17(2)9-6-10-18(3)11-13(19)12-20-15-8-5-4-7-14(15)16/h4-5,7-8,13,19H,6,9-12,16H2,1-3H3. The average Bonchev–Trinajstić information content (AvgIpc) is 2.37. The minimum Gasteiger partial charge on any atom is -0.489 e. The highest BCUT2D eigenvalue weighted by Crippen LogP contribution is 2.19. The van der Waals surface area contributed by atoms with Gasteiger partial charge in [-0.05, 0) is 52.8 Å². The molecule has 0 bridgehead atoms. The Hall–Kier alpha value is -1.30. The van der Waals surface area contributed by atoms with Crippen molar-refractivity contribution in [2.24, 2.45) is 0 Å². The van der Waals surface area contributed by atoms with Crippen LogP contribution < -0.4 is 10.5 Å². The van der Waals surface area contributed by atoms with Gasteiger partial charge >= 0.3 is 0 Å². The molecule has 5 nitrogen and oxygen atoms in total. The van der Waals surface area contributed by atoms with Gasteiger partial charge in [-0.3, -0.25) is 0 Å². The molecule has 0 saturated carbocycles. The van der Waals surface area contributed by atoms with Crippen molar-refractivity contribution in [2.45, 2.75) is 12.5 Å². The topological polar surface area (TPSA) is 62.0 Å². The van der Waals surface area contributed by atoms with E-state index < -0.39 is 6.10 Å². The summed E-state index contributed by atoms with van der Waals surface area (Å²) in [7, 11) is 6.13. The van der Waals surface area contributed by atoms with Crippen molar-refractivity contribution < 1.29 is 9.84 Å². The number of likely N-dealkylation sites (N-methyl/N-ethyl adjacent to an activating group) is 1. The molecule has 1 aromatic rings. The van der Waals surface area contributed by atoms with E-state index in [1.807, 2.05) is 25.2 Å². The molecular formula is C15H27N3O2. The van der Waals surface area contributed by atoms with E-state index in [1.165, 1.54) is 0 Å². The summed E-state index contributed by atoms with van der Waals surface area (Å²) < 4.78 is 5.53. The first-order chi connectivity index (χ1) is 9.49. The molecule has 1 atom stereocenters. The van der Waals surface area contributed by atoms with Crippen molar-refractivity contribution >= 4 is 5.69 Å². The Morgan fingerprint density at radius 3 is 2.55 bits per heavy atom. The van der Waals surface area contributed by atoms with Gasteiger partial charge in [-0.15, -0.1) is 0 Å². The SMILES string of the molecule is CN(C)CCCN(C)CC(O)COc1ccccc1N. The maximum Gasteiger partial charge on any atom is 0.142 e. The molecule has 0 aliphatic heterocycles. The van der Waals surface area contributed by atoms with Gasteiger partial charge in [0.1, 0.15) is 18.5 Å². The highest BCUT2D eigenvalue weighted by atomic mass is 16.5. The number of hydrogen-bond acceptors (Lipinski definition) is 5. The third-order valence-corrected chi connectivity index (χ3v) is 3.02. The number of para-hydroxylation sites is 2. The molecule has 1 aromatic carbocycles. The Bertz CT molecular complexity index is 385. The maximum atomic E-state index is 9.96. The van der Waals surface area contributed by atoms with Crippen LogP contribution in [0.5, 0.6) is 5.75 Å². The van der Waals surface area contributed by atoms with Crippen LogP contribution in [0.25, 0.3) is 0 Å². The van der Waals surface area contributed by atoms with Gasteiger partial charge in [0.15, 0.2) is 0 Å². The lowest BCUT2D eigenvalue weighted by atomic mass is 10.3. The molecular weight excluding hydrogens is 254 g/mol. The summed E-state index contributed by atoms with van der Waals surface area (Å²) in [6.07, 6.45) is 0.571. The Morgan fingerprint density at radius 2 is 1.90 bits per heavy atom. The molecule has 0 aliphatic rings. The number of benzene rings is 1. The minimum atomic E-state index is -0.515. The Balaban J connectivity index is 2.22. The number of rotatable bonds is 9. The molecule has 0 heterocycles. The predicted molar refractivity (Wildman–Crippen MR) is 83.0 cm³/mol. The molecule has 114 valence electrons. The lowest BCUT2D eigenvalue weighted by Gasteiger charge is -2.21. The van der Waals surface area contributed by atoms with Gasteiger partial charge in [0.05, 0.1) is 5.69 Å². The van der Waals surface area contributed by atoms with Gasteiger partial charge in [-0.1, -0.05) is 12.1 Å². The molecule has 0 fully saturated rings. The molecule has 0 saturated heterocycles. The van der Waals surface area contributed by atoms with Crippen LogP contribution in [0, 0.1) is 0 Å². The van der Waals surface area contributed by atoms with E-state index >= 15 is 0 Å². The van der Waals surface area contributed by atoms with Gasteiger partial charge in [0.25, 0.3) is 0 Å². The second-order valence-corrected chi connectivity index (χ2v) is 5.42. The molecule has 0 aromatic heterocycles. The van der Waals surface area contributed by atoms with Gasteiger partial charge < -0.3 is 25.4 Å². The summed E-state index contributed by atoms with van der Waals surface area (Å²) >= 11 is 0. The van der Waals surface area contributed by atoms with Crippen LogP contribution in [0.4, 0.5) is 5.69 Å². The van der Waals surface area contributed by atoms with Crippen LogP contribution in [-0.2, 0) is 0 Å². The number of ether oxygens (including phenoxy) is 1. The Labute approximate surface area is 121 Å². The number of nitrogen functional groups attached to an aromatic ring is 1. The number of hydrogen-bond donors (Lipinski definition) is 2. The van der Waals surface area contributed by atoms with Crippen molar-refractivity contribution in [1.29, 1.82) is 0 Å². The Kier molecular flexibility index (Phi) is 7.36. The fourth-order valence-corrected chi connectivity index (χ4v) is 1.96. The lowest BCUT2D eigenvalue weighted by Crippen LogP contribution is -2.34. The van der Waals surface area contributed by atoms with Gasteiger partial charge in [-0.25, -0.2) is 0 Å². The fourth-order valence-electron chi connectivity index (χ4n) is 1.96. The molecule has 5 heteroatoms. The van der Waals surface area contributed by atoms with E-state index in [9.17, 15) is 5.11 Å². The first-order valence-corrected chi connectivity index (χ1v) is 6.97. The zero-order valence-corrected chi connectivity index (χ0v) is 12.7. The van der Waals surface area contributed by atoms with Gasteiger partial charge in [0.2, 0.25) is 0 Å². The monoisotopic (exact) mass is 281 g/mol. The first-order valence-electron chi connectivity index (χ1n) is 6.97. The summed E-state index contributed by atoms with van der Waals surface area (Å²) in [5.41, 5.74) is 6.38. The largest absolute Gasteiger partial charge is 0.489 e. The smallest absolute Gasteiger partial charge is 0.142 e. The zero-order chi connectivity index (χ0) is 15.0. The third-order valence-electron chi connectivity index (χ3n) is 3.02. The van der Waals surface area contributed by atoms with Crippen molar-refractivity contribution in [3.05, 3.63) is 24.3 Å². The molecule has 20 heavy (non-hydrogen) atoms. The maximum absolute atomic E-state index is 9.96. The summed E-state index contributed by atoms with van der Waals surface area (Å²) in [4.78, 5) is 4.28. The van der Waals surface area contributed by atoms with E-state index in [0.29, 0.717) is 18.0 Å². The van der Waals surface area contributed by atoms with Crippen LogP contribution in [0.2, 0.25) is 0 Å². The van der Waals surface area contributed by atoms with Crippen LogP contribution in [0.1, 0.15) is 6.42 Å². The molecule has 0 aliphatic carbocycles. The molecule has 0 amide bonds. The zero-order valence-electron chi connectivity index (χ0n) is 12.7. The normalized spacial score (nSPS) is 12.9. The highest BCUT2D eigenvalue weighted by Gasteiger charge is 2.10. The second-order valence-electron chi connectivity index (χ2n) is 5.42. The van der Waals surface area contributed by atoms with E-state index in [4.69, 9.17) is 10.5 Å². The minimum absolute atomic E-state index is 0.256. The fraction of sp³-hybridized carbons (Fsp3) is 0.600. The van der Waals surface area contributed by atoms with E-state index in [2.05, 4.69) is 23.9 Å². The van der Waals surface area contributed by atoms with Gasteiger partial charge in [-0.2, -0.15) is 0 Å². The summed E-state index contributed by atoms with van der Waals surface area (Å²) in [6.45, 7) is 2.87. The highest BCUT2D eigenvalue weighted by molar-refractivity contribution is 5.51. The van der Waals surface area contributed by atoms with Crippen molar-refractivity contribution in [2.75, 3.05) is 53.1 Å².